The molecule has 0 spiro atoms. The van der Waals surface area contributed by atoms with Crippen LogP contribution in [0.4, 0.5) is 0 Å². The Hall–Kier alpha value is -0.870. The summed E-state index contributed by atoms with van der Waals surface area (Å²) >= 11 is 0. The van der Waals surface area contributed by atoms with Crippen LogP contribution < -0.4 is 0 Å². The van der Waals surface area contributed by atoms with Crippen LogP contribution in [0.2, 0.25) is 0 Å². The van der Waals surface area contributed by atoms with E-state index in [4.69, 9.17) is 4.74 Å². The Labute approximate surface area is 77.1 Å². The van der Waals surface area contributed by atoms with Crippen molar-refractivity contribution in [2.24, 2.45) is 7.05 Å². The lowest BCUT2D eigenvalue weighted by Gasteiger charge is -2.19. The van der Waals surface area contributed by atoms with E-state index in [-0.39, 0.29) is 0 Å². The van der Waals surface area contributed by atoms with Gasteiger partial charge in [0, 0.05) is 31.8 Å². The van der Waals surface area contributed by atoms with E-state index in [0.717, 1.165) is 11.3 Å². The fourth-order valence-corrected chi connectivity index (χ4v) is 1.82. The van der Waals surface area contributed by atoms with Gasteiger partial charge in [-0.15, -0.1) is 0 Å². The Morgan fingerprint density at radius 1 is 1.69 bits per heavy atom. The van der Waals surface area contributed by atoms with Crippen LogP contribution in [0.5, 0.6) is 0 Å². The predicted molar refractivity (Wildman–Crippen MR) is 47.3 cm³/mol. The summed E-state index contributed by atoms with van der Waals surface area (Å²) in [4.78, 5) is 0. The second kappa shape index (κ2) is 2.82. The molecule has 1 aromatic heterocycles. The molecule has 0 aromatic carbocycles. The van der Waals surface area contributed by atoms with Gasteiger partial charge in [0.2, 0.25) is 0 Å². The molecule has 1 aromatic rings. The summed E-state index contributed by atoms with van der Waals surface area (Å²) in [7, 11) is 1.86. The molecule has 4 heteroatoms. The molecule has 1 N–H and O–H groups in total. The van der Waals surface area contributed by atoms with Crippen molar-refractivity contribution < 1.29 is 9.84 Å². The summed E-state index contributed by atoms with van der Waals surface area (Å²) in [6, 6.07) is 0. The predicted octanol–water partition coefficient (Wildman–Crippen LogP) is 0.336. The minimum atomic E-state index is -0.807. The van der Waals surface area contributed by atoms with Crippen LogP contribution in [0.3, 0.4) is 0 Å². The van der Waals surface area contributed by atoms with Gasteiger partial charge in [0.05, 0.1) is 12.3 Å². The quantitative estimate of drug-likeness (QED) is 0.681. The van der Waals surface area contributed by atoms with Crippen molar-refractivity contribution in [1.82, 2.24) is 9.78 Å². The molecule has 2 heterocycles. The lowest BCUT2D eigenvalue weighted by molar-refractivity contribution is 0.0226. The first kappa shape index (κ1) is 8.72. The molecule has 0 aliphatic carbocycles. The highest BCUT2D eigenvalue weighted by Gasteiger charge is 2.36. The van der Waals surface area contributed by atoms with Gasteiger partial charge < -0.3 is 9.84 Å². The van der Waals surface area contributed by atoms with Crippen LogP contribution in [0.1, 0.15) is 17.7 Å². The molecule has 13 heavy (non-hydrogen) atoms. The molecular weight excluding hydrogens is 168 g/mol. The minimum Gasteiger partial charge on any atom is -0.383 e. The van der Waals surface area contributed by atoms with Crippen LogP contribution in [-0.4, -0.2) is 28.1 Å². The van der Waals surface area contributed by atoms with Crippen molar-refractivity contribution in [3.8, 4) is 0 Å². The molecular formula is C9H14N2O2. The molecule has 1 fully saturated rings. The lowest BCUT2D eigenvalue weighted by atomic mass is 9.94. The second-order valence-electron chi connectivity index (χ2n) is 3.64. The maximum Gasteiger partial charge on any atom is 0.118 e. The number of rotatable bonds is 1. The van der Waals surface area contributed by atoms with E-state index < -0.39 is 5.60 Å². The molecule has 1 aliphatic heterocycles. The number of aromatic nitrogens is 2. The maximum absolute atomic E-state index is 10.2. The molecule has 1 atom stereocenters. The van der Waals surface area contributed by atoms with Crippen molar-refractivity contribution in [3.63, 3.8) is 0 Å². The van der Waals surface area contributed by atoms with Gasteiger partial charge in [-0.05, 0) is 6.92 Å². The molecule has 2 rings (SSSR count). The summed E-state index contributed by atoms with van der Waals surface area (Å²) < 4.78 is 6.91. The number of nitrogens with zero attached hydrogens (tertiary/aromatic N) is 2. The number of aryl methyl sites for hydroxylation is 2. The third-order valence-corrected chi connectivity index (χ3v) is 2.52. The molecule has 1 saturated heterocycles. The van der Waals surface area contributed by atoms with Gasteiger partial charge in [-0.3, -0.25) is 4.68 Å². The SMILES string of the molecule is Cc1nn(C)cc1C1(O)CCOC1. The summed E-state index contributed by atoms with van der Waals surface area (Å²) in [6.45, 7) is 2.93. The van der Waals surface area contributed by atoms with Crippen LogP contribution in [-0.2, 0) is 17.4 Å². The normalized spacial score (nSPS) is 28.2. The van der Waals surface area contributed by atoms with Crippen LogP contribution >= 0.6 is 0 Å². The second-order valence-corrected chi connectivity index (χ2v) is 3.64. The van der Waals surface area contributed by atoms with E-state index >= 15 is 0 Å². The summed E-state index contributed by atoms with van der Waals surface area (Å²) in [5, 5.41) is 14.4. The first-order valence-corrected chi connectivity index (χ1v) is 4.43. The Morgan fingerprint density at radius 2 is 2.46 bits per heavy atom. The summed E-state index contributed by atoms with van der Waals surface area (Å²) in [6.07, 6.45) is 2.53. The Balaban J connectivity index is 2.38. The van der Waals surface area contributed by atoms with E-state index in [1.54, 1.807) is 4.68 Å². The van der Waals surface area contributed by atoms with E-state index in [2.05, 4.69) is 5.10 Å². The van der Waals surface area contributed by atoms with E-state index in [0.29, 0.717) is 19.6 Å². The van der Waals surface area contributed by atoms with E-state index in [9.17, 15) is 5.11 Å². The highest BCUT2D eigenvalue weighted by atomic mass is 16.5. The Kier molecular flexibility index (Phi) is 1.89. The maximum atomic E-state index is 10.2. The number of aliphatic hydroxyl groups is 1. The highest BCUT2D eigenvalue weighted by molar-refractivity contribution is 5.24. The zero-order chi connectivity index (χ0) is 9.47. The fraction of sp³-hybridized carbons (Fsp3) is 0.667. The summed E-state index contributed by atoms with van der Waals surface area (Å²) in [5.74, 6) is 0. The molecule has 0 amide bonds. The lowest BCUT2D eigenvalue weighted by Crippen LogP contribution is -2.25. The third kappa shape index (κ3) is 1.36. The number of hydrogen-bond donors (Lipinski definition) is 1. The molecule has 0 bridgehead atoms. The topological polar surface area (TPSA) is 47.3 Å². The molecule has 1 unspecified atom stereocenters. The molecule has 0 saturated carbocycles. The Bertz CT molecular complexity index is 313. The first-order valence-electron chi connectivity index (χ1n) is 4.43. The fourth-order valence-electron chi connectivity index (χ4n) is 1.82. The van der Waals surface area contributed by atoms with Crippen LogP contribution in [0, 0.1) is 6.92 Å². The monoisotopic (exact) mass is 182 g/mol. The minimum absolute atomic E-state index is 0.388. The third-order valence-electron chi connectivity index (χ3n) is 2.52. The highest BCUT2D eigenvalue weighted by Crippen LogP contribution is 2.31. The van der Waals surface area contributed by atoms with Gasteiger partial charge in [0.1, 0.15) is 5.60 Å². The van der Waals surface area contributed by atoms with Gasteiger partial charge in [-0.25, -0.2) is 0 Å². The number of ether oxygens (including phenoxy) is 1. The van der Waals surface area contributed by atoms with Crippen molar-refractivity contribution >= 4 is 0 Å². The molecule has 0 radical (unpaired) electrons. The first-order chi connectivity index (χ1) is 6.12. The van der Waals surface area contributed by atoms with Crippen molar-refractivity contribution in [3.05, 3.63) is 17.5 Å². The van der Waals surface area contributed by atoms with Gasteiger partial charge in [0.25, 0.3) is 0 Å². The van der Waals surface area contributed by atoms with E-state index in [1.165, 1.54) is 0 Å². The molecule has 4 nitrogen and oxygen atoms in total. The van der Waals surface area contributed by atoms with Crippen LogP contribution in [0.15, 0.2) is 6.20 Å². The molecule has 1 aliphatic rings. The largest absolute Gasteiger partial charge is 0.383 e. The van der Waals surface area contributed by atoms with Gasteiger partial charge in [-0.1, -0.05) is 0 Å². The zero-order valence-corrected chi connectivity index (χ0v) is 7.95. The van der Waals surface area contributed by atoms with Crippen LogP contribution in [0.25, 0.3) is 0 Å². The smallest absolute Gasteiger partial charge is 0.118 e. The van der Waals surface area contributed by atoms with Crippen molar-refractivity contribution in [2.45, 2.75) is 18.9 Å². The Morgan fingerprint density at radius 3 is 2.92 bits per heavy atom. The molecule has 72 valence electrons. The van der Waals surface area contributed by atoms with Gasteiger partial charge >= 0.3 is 0 Å². The zero-order valence-electron chi connectivity index (χ0n) is 7.95. The van der Waals surface area contributed by atoms with Crippen molar-refractivity contribution in [2.75, 3.05) is 13.2 Å². The van der Waals surface area contributed by atoms with Crippen molar-refractivity contribution in [1.29, 1.82) is 0 Å². The van der Waals surface area contributed by atoms with E-state index in [1.807, 2.05) is 20.2 Å². The standard InChI is InChI=1S/C9H14N2O2/c1-7-8(5-11(2)10-7)9(12)3-4-13-6-9/h5,12H,3-4,6H2,1-2H3. The average Bonchev–Trinajstić information content (AvgIpc) is 2.59. The van der Waals surface area contributed by atoms with Gasteiger partial charge in [0.15, 0.2) is 0 Å². The van der Waals surface area contributed by atoms with Gasteiger partial charge in [-0.2, -0.15) is 5.10 Å². The number of hydrogen-bond acceptors (Lipinski definition) is 3. The average molecular weight is 182 g/mol. The summed E-state index contributed by atoms with van der Waals surface area (Å²) in [5.41, 5.74) is 0.973.